The van der Waals surface area contributed by atoms with Gasteiger partial charge in [0, 0.05) is 18.6 Å². The third-order valence-electron chi connectivity index (χ3n) is 6.21. The van der Waals surface area contributed by atoms with Crippen molar-refractivity contribution in [2.75, 3.05) is 7.11 Å². The molecule has 1 fully saturated rings. The molecule has 5 nitrogen and oxygen atoms in total. The molecule has 2 aromatic rings. The molecular weight excluding hydrogens is 376 g/mol. The fourth-order valence-electron chi connectivity index (χ4n) is 4.00. The number of hydrogen-bond acceptors (Lipinski definition) is 4. The van der Waals surface area contributed by atoms with Gasteiger partial charge in [-0.2, -0.15) is 0 Å². The molecule has 164 valence electrons. The van der Waals surface area contributed by atoms with Gasteiger partial charge in [0.05, 0.1) is 13.7 Å². The Hall–Kier alpha value is -2.27. The van der Waals surface area contributed by atoms with Gasteiger partial charge in [-0.25, -0.2) is 0 Å². The molecule has 1 unspecified atom stereocenters. The third kappa shape index (κ3) is 6.11. The second kappa shape index (κ2) is 10.7. The van der Waals surface area contributed by atoms with Crippen LogP contribution in [0.4, 0.5) is 0 Å². The molecule has 1 atom stereocenters. The highest BCUT2D eigenvalue weighted by Gasteiger charge is 2.23. The molecule has 0 radical (unpaired) electrons. The minimum atomic E-state index is -0.139. The van der Waals surface area contributed by atoms with Crippen molar-refractivity contribution in [2.45, 2.75) is 78.0 Å². The predicted octanol–water partition coefficient (Wildman–Crippen LogP) is 5.40. The van der Waals surface area contributed by atoms with Gasteiger partial charge in [-0.1, -0.05) is 45.2 Å². The van der Waals surface area contributed by atoms with E-state index in [2.05, 4.69) is 36.2 Å². The van der Waals surface area contributed by atoms with Gasteiger partial charge in [0.25, 0.3) is 5.91 Å². The Balaban J connectivity index is 1.71. The number of carbonyl (C=O) groups is 1. The molecule has 1 aliphatic rings. The van der Waals surface area contributed by atoms with Crippen molar-refractivity contribution in [3.8, 4) is 5.75 Å². The Labute approximate surface area is 180 Å². The quantitative estimate of drug-likeness (QED) is 0.599. The van der Waals surface area contributed by atoms with E-state index in [0.29, 0.717) is 24.3 Å². The molecule has 0 aliphatic heterocycles. The summed E-state index contributed by atoms with van der Waals surface area (Å²) >= 11 is 0. The fraction of sp³-hybridized carbons (Fsp3) is 0.560. The van der Waals surface area contributed by atoms with Crippen LogP contribution in [0, 0.1) is 5.92 Å². The van der Waals surface area contributed by atoms with Crippen LogP contribution in [0.3, 0.4) is 0 Å². The largest absolute Gasteiger partial charge is 0.497 e. The zero-order valence-electron chi connectivity index (χ0n) is 18.8. The van der Waals surface area contributed by atoms with E-state index in [9.17, 15) is 4.79 Å². The van der Waals surface area contributed by atoms with Crippen molar-refractivity contribution in [2.24, 2.45) is 5.92 Å². The van der Waals surface area contributed by atoms with Crippen molar-refractivity contribution >= 4 is 5.91 Å². The number of nitrogens with one attached hydrogen (secondary N) is 1. The second-order valence-electron chi connectivity index (χ2n) is 8.82. The Morgan fingerprint density at radius 2 is 1.90 bits per heavy atom. The monoisotopic (exact) mass is 412 g/mol. The molecule has 1 aromatic carbocycles. The number of hydrogen-bond donors (Lipinski definition) is 1. The fourth-order valence-corrected chi connectivity index (χ4v) is 4.00. The summed E-state index contributed by atoms with van der Waals surface area (Å²) in [5.41, 5.74) is 1.23. The smallest absolute Gasteiger partial charge is 0.287 e. The van der Waals surface area contributed by atoms with Crippen LogP contribution in [0.25, 0.3) is 0 Å². The molecule has 5 heteroatoms. The number of benzene rings is 1. The van der Waals surface area contributed by atoms with Gasteiger partial charge in [-0.3, -0.25) is 9.69 Å². The maximum Gasteiger partial charge on any atom is 0.287 e. The lowest BCUT2D eigenvalue weighted by Crippen LogP contribution is -2.36. The van der Waals surface area contributed by atoms with Crippen molar-refractivity contribution in [1.29, 1.82) is 0 Å². The van der Waals surface area contributed by atoms with Crippen LogP contribution >= 0.6 is 0 Å². The molecule has 1 amide bonds. The second-order valence-corrected chi connectivity index (χ2v) is 8.82. The van der Waals surface area contributed by atoms with E-state index in [4.69, 9.17) is 9.15 Å². The van der Waals surface area contributed by atoms with E-state index in [0.717, 1.165) is 18.1 Å². The Morgan fingerprint density at radius 1 is 1.13 bits per heavy atom. The summed E-state index contributed by atoms with van der Waals surface area (Å²) in [6.07, 6.45) is 6.30. The van der Waals surface area contributed by atoms with Gasteiger partial charge in [-0.15, -0.1) is 0 Å². The summed E-state index contributed by atoms with van der Waals surface area (Å²) in [5.74, 6) is 2.35. The molecule has 3 rings (SSSR count). The van der Waals surface area contributed by atoms with Crippen LogP contribution in [-0.2, 0) is 13.1 Å². The topological polar surface area (TPSA) is 54.7 Å². The van der Waals surface area contributed by atoms with Crippen LogP contribution < -0.4 is 10.1 Å². The highest BCUT2D eigenvalue weighted by Crippen LogP contribution is 2.27. The summed E-state index contributed by atoms with van der Waals surface area (Å²) in [5, 5.41) is 3.02. The minimum Gasteiger partial charge on any atom is -0.497 e. The lowest BCUT2D eigenvalue weighted by molar-refractivity contribution is 0.0892. The first-order chi connectivity index (χ1) is 14.5. The van der Waals surface area contributed by atoms with Crippen molar-refractivity contribution in [3.05, 3.63) is 53.5 Å². The van der Waals surface area contributed by atoms with Crippen LogP contribution in [0.2, 0.25) is 0 Å². The molecule has 1 aromatic heterocycles. The molecule has 0 saturated heterocycles. The maximum atomic E-state index is 12.5. The summed E-state index contributed by atoms with van der Waals surface area (Å²) in [4.78, 5) is 15.0. The molecule has 0 spiro atoms. The number of rotatable bonds is 9. The SMILES string of the molecule is COc1cccc(CN(Cc2ccc(C(=O)NC(C)C(C)C)o2)C2CCCCC2)c1. The van der Waals surface area contributed by atoms with E-state index in [1.165, 1.54) is 37.7 Å². The number of methoxy groups -OCH3 is 1. The van der Waals surface area contributed by atoms with Crippen molar-refractivity contribution < 1.29 is 13.9 Å². The molecule has 1 saturated carbocycles. The average molecular weight is 413 g/mol. The number of amides is 1. The number of carbonyl (C=O) groups excluding carboxylic acids is 1. The van der Waals surface area contributed by atoms with E-state index in [1.807, 2.05) is 25.1 Å². The zero-order chi connectivity index (χ0) is 21.5. The van der Waals surface area contributed by atoms with Gasteiger partial charge in [-0.05, 0) is 55.5 Å². The van der Waals surface area contributed by atoms with Gasteiger partial charge >= 0.3 is 0 Å². The lowest BCUT2D eigenvalue weighted by Gasteiger charge is -2.34. The Morgan fingerprint density at radius 3 is 2.60 bits per heavy atom. The number of furan rings is 1. The summed E-state index contributed by atoms with van der Waals surface area (Å²) in [7, 11) is 1.70. The van der Waals surface area contributed by atoms with Gasteiger partial charge in [0.1, 0.15) is 11.5 Å². The Kier molecular flexibility index (Phi) is 7.97. The highest BCUT2D eigenvalue weighted by molar-refractivity contribution is 5.91. The maximum absolute atomic E-state index is 12.5. The molecule has 1 aliphatic carbocycles. The first-order valence-corrected chi connectivity index (χ1v) is 11.2. The van der Waals surface area contributed by atoms with Gasteiger partial charge < -0.3 is 14.5 Å². The standard InChI is InChI=1S/C25H36N2O3/c1-18(2)19(3)26-25(28)24-14-13-23(30-24)17-27(21-10-6-5-7-11-21)16-20-9-8-12-22(15-20)29-4/h8-9,12-15,18-19,21H,5-7,10-11,16-17H2,1-4H3,(H,26,28). The van der Waals surface area contributed by atoms with Crippen LogP contribution in [0.5, 0.6) is 5.75 Å². The van der Waals surface area contributed by atoms with E-state index in [1.54, 1.807) is 13.2 Å². The normalized spacial score (nSPS) is 16.1. The molecule has 1 heterocycles. The van der Waals surface area contributed by atoms with Crippen LogP contribution in [0.15, 0.2) is 40.8 Å². The lowest BCUT2D eigenvalue weighted by atomic mass is 9.93. The van der Waals surface area contributed by atoms with E-state index in [-0.39, 0.29) is 11.9 Å². The zero-order valence-corrected chi connectivity index (χ0v) is 18.8. The first-order valence-electron chi connectivity index (χ1n) is 11.2. The van der Waals surface area contributed by atoms with Gasteiger partial charge in [0.15, 0.2) is 5.76 Å². The molecule has 1 N–H and O–H groups in total. The number of ether oxygens (including phenoxy) is 1. The first kappa shape index (κ1) is 22.4. The van der Waals surface area contributed by atoms with E-state index < -0.39 is 0 Å². The van der Waals surface area contributed by atoms with Crippen molar-refractivity contribution in [3.63, 3.8) is 0 Å². The average Bonchev–Trinajstić information content (AvgIpc) is 3.22. The number of nitrogens with zero attached hydrogens (tertiary/aromatic N) is 1. The van der Waals surface area contributed by atoms with E-state index >= 15 is 0 Å². The summed E-state index contributed by atoms with van der Waals surface area (Å²) in [6.45, 7) is 7.76. The minimum absolute atomic E-state index is 0.109. The predicted molar refractivity (Wildman–Crippen MR) is 120 cm³/mol. The Bertz CT molecular complexity index is 808. The molecular formula is C25H36N2O3. The van der Waals surface area contributed by atoms with Gasteiger partial charge in [0.2, 0.25) is 0 Å². The highest BCUT2D eigenvalue weighted by atomic mass is 16.5. The molecule has 30 heavy (non-hydrogen) atoms. The van der Waals surface area contributed by atoms with Crippen LogP contribution in [-0.4, -0.2) is 30.0 Å². The third-order valence-corrected chi connectivity index (χ3v) is 6.21. The molecule has 0 bridgehead atoms. The van der Waals surface area contributed by atoms with Crippen LogP contribution in [0.1, 0.15) is 74.8 Å². The summed E-state index contributed by atoms with van der Waals surface area (Å²) in [6, 6.07) is 12.6. The summed E-state index contributed by atoms with van der Waals surface area (Å²) < 4.78 is 11.3. The van der Waals surface area contributed by atoms with Crippen molar-refractivity contribution in [1.82, 2.24) is 10.2 Å².